The monoisotopic (exact) mass is 476 g/mol. The molecule has 2 aliphatic rings. The molecule has 1 N–H and O–H groups in total. The van der Waals surface area contributed by atoms with Crippen LogP contribution in [0, 0.1) is 0 Å². The van der Waals surface area contributed by atoms with Gasteiger partial charge in [0.2, 0.25) is 5.91 Å². The largest absolute Gasteiger partial charge is 0.378 e. The van der Waals surface area contributed by atoms with Gasteiger partial charge in [-0.3, -0.25) is 4.79 Å². The highest BCUT2D eigenvalue weighted by molar-refractivity contribution is 8.15. The summed E-state index contributed by atoms with van der Waals surface area (Å²) in [5, 5.41) is 11.1. The average molecular weight is 477 g/mol. The van der Waals surface area contributed by atoms with E-state index in [0.29, 0.717) is 28.2 Å². The highest BCUT2D eigenvalue weighted by Gasteiger charge is 2.30. The molecule has 0 bridgehead atoms. The SMILES string of the molecule is O=C1N/C(=N\N=C/c2ccc(N3CCOCC3)cc2)S[C@H]1Cc1ccc(SC(F)F)cc1. The fourth-order valence-corrected chi connectivity index (χ4v) is 4.81. The van der Waals surface area contributed by atoms with E-state index in [0.717, 1.165) is 43.1 Å². The first-order valence-electron chi connectivity index (χ1n) is 10.1. The number of hydrogen-bond donors (Lipinski definition) is 1. The summed E-state index contributed by atoms with van der Waals surface area (Å²) in [6.45, 7) is 3.26. The third-order valence-corrected chi connectivity index (χ3v) is 6.77. The minimum absolute atomic E-state index is 0.134. The van der Waals surface area contributed by atoms with Crippen molar-refractivity contribution in [2.45, 2.75) is 22.3 Å². The number of alkyl halides is 2. The minimum Gasteiger partial charge on any atom is -0.378 e. The van der Waals surface area contributed by atoms with Gasteiger partial charge >= 0.3 is 0 Å². The molecule has 2 fully saturated rings. The van der Waals surface area contributed by atoms with E-state index in [1.165, 1.54) is 11.8 Å². The minimum atomic E-state index is -2.45. The Hall–Kier alpha value is -2.43. The Labute approximate surface area is 193 Å². The highest BCUT2D eigenvalue weighted by atomic mass is 32.2. The third-order valence-electron chi connectivity index (χ3n) is 4.97. The van der Waals surface area contributed by atoms with Gasteiger partial charge in [0.05, 0.1) is 24.7 Å². The summed E-state index contributed by atoms with van der Waals surface area (Å²) >= 11 is 1.82. The Morgan fingerprint density at radius 3 is 2.56 bits per heavy atom. The van der Waals surface area contributed by atoms with Crippen LogP contribution < -0.4 is 10.2 Å². The molecule has 2 heterocycles. The summed E-state index contributed by atoms with van der Waals surface area (Å²) in [6, 6.07) is 14.9. The van der Waals surface area contributed by atoms with Crippen molar-refractivity contribution in [2.75, 3.05) is 31.2 Å². The molecule has 2 aliphatic heterocycles. The second-order valence-electron chi connectivity index (χ2n) is 7.16. The van der Waals surface area contributed by atoms with Crippen molar-refractivity contribution >= 4 is 46.5 Å². The van der Waals surface area contributed by atoms with Gasteiger partial charge in [-0.15, -0.1) is 5.10 Å². The van der Waals surface area contributed by atoms with Gasteiger partial charge < -0.3 is 15.0 Å². The van der Waals surface area contributed by atoms with E-state index in [1.807, 2.05) is 24.3 Å². The fraction of sp³-hybridized carbons (Fsp3) is 0.318. The second kappa shape index (κ2) is 10.9. The van der Waals surface area contributed by atoms with E-state index < -0.39 is 5.76 Å². The van der Waals surface area contributed by atoms with Gasteiger partial charge in [0.15, 0.2) is 5.17 Å². The Morgan fingerprint density at radius 2 is 1.88 bits per heavy atom. The second-order valence-corrected chi connectivity index (χ2v) is 9.42. The first-order valence-corrected chi connectivity index (χ1v) is 11.9. The number of nitrogens with one attached hydrogen (secondary N) is 1. The molecule has 6 nitrogen and oxygen atoms in total. The number of rotatable bonds is 7. The average Bonchev–Trinajstić information content (AvgIpc) is 3.15. The predicted octanol–water partition coefficient (Wildman–Crippen LogP) is 4.00. The van der Waals surface area contributed by atoms with Crippen LogP contribution >= 0.6 is 23.5 Å². The van der Waals surface area contributed by atoms with Crippen molar-refractivity contribution in [2.24, 2.45) is 10.2 Å². The van der Waals surface area contributed by atoms with Crippen molar-refractivity contribution in [3.8, 4) is 0 Å². The lowest BCUT2D eigenvalue weighted by Gasteiger charge is -2.28. The number of ether oxygens (including phenoxy) is 1. The van der Waals surface area contributed by atoms with Crippen molar-refractivity contribution in [1.82, 2.24) is 5.32 Å². The maximum atomic E-state index is 12.4. The number of carbonyl (C=O) groups is 1. The molecule has 2 aromatic carbocycles. The summed E-state index contributed by atoms with van der Waals surface area (Å²) in [5.74, 6) is -2.58. The zero-order valence-corrected chi connectivity index (χ0v) is 18.7. The van der Waals surface area contributed by atoms with Gasteiger partial charge in [0, 0.05) is 23.7 Å². The van der Waals surface area contributed by atoms with Crippen molar-refractivity contribution < 1.29 is 18.3 Å². The Bertz CT molecular complexity index is 978. The summed E-state index contributed by atoms with van der Waals surface area (Å²) in [4.78, 5) is 15.0. The summed E-state index contributed by atoms with van der Waals surface area (Å²) in [5.41, 5.74) is 2.97. The number of morpholine rings is 1. The zero-order valence-electron chi connectivity index (χ0n) is 17.1. The lowest BCUT2D eigenvalue weighted by Crippen LogP contribution is -2.36. The number of halogens is 2. The molecular formula is C22H22F2N4O2S2. The summed E-state index contributed by atoms with van der Waals surface area (Å²) in [6.07, 6.45) is 2.14. The Balaban J connectivity index is 1.30. The quantitative estimate of drug-likeness (QED) is 0.372. The molecule has 0 aromatic heterocycles. The van der Waals surface area contributed by atoms with Gasteiger partial charge in [-0.05, 0) is 41.8 Å². The smallest absolute Gasteiger partial charge is 0.288 e. The van der Waals surface area contributed by atoms with Crippen LogP contribution in [0.2, 0.25) is 0 Å². The summed E-state index contributed by atoms with van der Waals surface area (Å²) < 4.78 is 30.2. The van der Waals surface area contributed by atoms with Crippen LogP contribution in [0.3, 0.4) is 0 Å². The van der Waals surface area contributed by atoms with Gasteiger partial charge in [-0.2, -0.15) is 13.9 Å². The van der Waals surface area contributed by atoms with Gasteiger partial charge in [-0.1, -0.05) is 47.8 Å². The van der Waals surface area contributed by atoms with Crippen molar-refractivity contribution in [3.05, 3.63) is 59.7 Å². The highest BCUT2D eigenvalue weighted by Crippen LogP contribution is 2.27. The van der Waals surface area contributed by atoms with E-state index in [4.69, 9.17) is 4.74 Å². The number of benzene rings is 2. The van der Waals surface area contributed by atoms with Crippen LogP contribution in [-0.4, -0.2) is 54.6 Å². The van der Waals surface area contributed by atoms with Crippen LogP contribution in [-0.2, 0) is 16.0 Å². The number of nitrogens with zero attached hydrogens (tertiary/aromatic N) is 3. The molecule has 2 aromatic rings. The van der Waals surface area contributed by atoms with Crippen LogP contribution in [0.25, 0.3) is 0 Å². The van der Waals surface area contributed by atoms with Crippen LogP contribution in [0.15, 0.2) is 63.6 Å². The maximum absolute atomic E-state index is 12.4. The third kappa shape index (κ3) is 6.30. The summed E-state index contributed by atoms with van der Waals surface area (Å²) in [7, 11) is 0. The number of thioether (sulfide) groups is 2. The molecule has 0 saturated carbocycles. The molecular weight excluding hydrogens is 454 g/mol. The van der Waals surface area contributed by atoms with Crippen molar-refractivity contribution in [1.29, 1.82) is 0 Å². The molecule has 0 radical (unpaired) electrons. The van der Waals surface area contributed by atoms with Crippen LogP contribution in [0.1, 0.15) is 11.1 Å². The number of carbonyl (C=O) groups excluding carboxylic acids is 1. The molecule has 1 amide bonds. The van der Waals surface area contributed by atoms with E-state index in [2.05, 4.69) is 20.4 Å². The lowest BCUT2D eigenvalue weighted by atomic mass is 10.1. The number of hydrogen-bond acceptors (Lipinski definition) is 7. The van der Waals surface area contributed by atoms with Gasteiger partial charge in [0.1, 0.15) is 0 Å². The standard InChI is InChI=1S/C22H22F2N4O2S2/c23-21(24)31-18-7-3-15(4-8-18)13-19-20(29)26-22(32-19)27-25-14-16-1-5-17(6-2-16)28-9-11-30-12-10-28/h1-8,14,19,21H,9-13H2,(H,26,27,29)/b25-14-/t19-/m0/s1. The molecule has 32 heavy (non-hydrogen) atoms. The van der Waals surface area contributed by atoms with Crippen molar-refractivity contribution in [3.63, 3.8) is 0 Å². The van der Waals surface area contributed by atoms with Gasteiger partial charge in [0.25, 0.3) is 5.76 Å². The van der Waals surface area contributed by atoms with E-state index in [-0.39, 0.29) is 11.2 Å². The molecule has 168 valence electrons. The topological polar surface area (TPSA) is 66.3 Å². The number of anilines is 1. The molecule has 4 rings (SSSR count). The lowest BCUT2D eigenvalue weighted by molar-refractivity contribution is -0.118. The molecule has 0 aliphatic carbocycles. The molecule has 2 saturated heterocycles. The van der Waals surface area contributed by atoms with E-state index in [1.54, 1.807) is 30.5 Å². The van der Waals surface area contributed by atoms with Crippen LogP contribution in [0.4, 0.5) is 14.5 Å². The Morgan fingerprint density at radius 1 is 1.16 bits per heavy atom. The predicted molar refractivity (Wildman–Crippen MR) is 126 cm³/mol. The van der Waals surface area contributed by atoms with Crippen LogP contribution in [0.5, 0.6) is 0 Å². The molecule has 0 unspecified atom stereocenters. The maximum Gasteiger partial charge on any atom is 0.288 e. The molecule has 1 atom stereocenters. The normalized spacial score (nSPS) is 20.5. The first kappa shape index (κ1) is 22.8. The van der Waals surface area contributed by atoms with E-state index >= 15 is 0 Å². The molecule has 10 heteroatoms. The number of amidine groups is 1. The van der Waals surface area contributed by atoms with E-state index in [9.17, 15) is 13.6 Å². The zero-order chi connectivity index (χ0) is 22.3. The number of amides is 1. The first-order chi connectivity index (χ1) is 15.6. The molecule has 0 spiro atoms. The van der Waals surface area contributed by atoms with Gasteiger partial charge in [-0.25, -0.2) is 0 Å². The Kier molecular flexibility index (Phi) is 7.77. The fourth-order valence-electron chi connectivity index (χ4n) is 3.35.